The van der Waals surface area contributed by atoms with Gasteiger partial charge in [-0.2, -0.15) is 0 Å². The van der Waals surface area contributed by atoms with E-state index in [0.717, 1.165) is 48.6 Å². The number of hydrogen-bond acceptors (Lipinski definition) is 5. The maximum atomic E-state index is 12.7. The molecule has 0 aliphatic carbocycles. The van der Waals surface area contributed by atoms with Crippen LogP contribution in [0.15, 0.2) is 59.5 Å². The second-order valence-corrected chi connectivity index (χ2v) is 8.31. The number of benzene rings is 1. The van der Waals surface area contributed by atoms with Crippen molar-refractivity contribution < 1.29 is 9.53 Å². The smallest absolute Gasteiger partial charge is 0.271 e. The molecule has 0 unspecified atom stereocenters. The van der Waals surface area contributed by atoms with Crippen LogP contribution in [0, 0.1) is 5.92 Å². The van der Waals surface area contributed by atoms with E-state index in [1.807, 2.05) is 25.1 Å². The molecule has 7 heteroatoms. The van der Waals surface area contributed by atoms with Crippen LogP contribution in [0.1, 0.15) is 42.2 Å². The zero-order valence-corrected chi connectivity index (χ0v) is 18.9. The number of carbonyl (C=O) groups is 1. The first-order chi connectivity index (χ1) is 16.1. The Morgan fingerprint density at radius 2 is 1.94 bits per heavy atom. The number of pyridine rings is 2. The van der Waals surface area contributed by atoms with Crippen molar-refractivity contribution in [2.45, 2.75) is 32.6 Å². The highest BCUT2D eigenvalue weighted by atomic mass is 16.5. The predicted molar refractivity (Wildman–Crippen MR) is 130 cm³/mol. The van der Waals surface area contributed by atoms with Crippen molar-refractivity contribution in [3.05, 3.63) is 76.3 Å². The molecule has 3 N–H and O–H groups in total. The minimum atomic E-state index is -0.364. The highest BCUT2D eigenvalue weighted by molar-refractivity contribution is 6.04. The molecule has 3 aromatic rings. The highest BCUT2D eigenvalue weighted by Crippen LogP contribution is 2.20. The molecular weight excluding hydrogens is 416 g/mol. The number of hydrogen-bond donors (Lipinski definition) is 3. The van der Waals surface area contributed by atoms with Gasteiger partial charge >= 0.3 is 0 Å². The van der Waals surface area contributed by atoms with E-state index in [2.05, 4.69) is 20.6 Å². The Hall–Kier alpha value is -3.45. The van der Waals surface area contributed by atoms with Gasteiger partial charge in [-0.1, -0.05) is 13.0 Å². The Morgan fingerprint density at radius 3 is 2.70 bits per heavy atom. The number of amides is 1. The number of piperidine rings is 1. The van der Waals surface area contributed by atoms with Crippen LogP contribution in [0.2, 0.25) is 0 Å². The van der Waals surface area contributed by atoms with Crippen molar-refractivity contribution in [2.24, 2.45) is 5.92 Å². The second-order valence-electron chi connectivity index (χ2n) is 8.31. The van der Waals surface area contributed by atoms with Crippen LogP contribution in [0.4, 0.5) is 5.69 Å². The van der Waals surface area contributed by atoms with Crippen LogP contribution in [-0.2, 0) is 6.42 Å². The van der Waals surface area contributed by atoms with E-state index in [0.29, 0.717) is 18.1 Å². The number of anilines is 1. The Labute approximate surface area is 193 Å². The maximum Gasteiger partial charge on any atom is 0.271 e. The van der Waals surface area contributed by atoms with Crippen LogP contribution in [0.25, 0.3) is 11.3 Å². The lowest BCUT2D eigenvalue weighted by atomic mass is 9.95. The first-order valence-corrected chi connectivity index (χ1v) is 11.6. The molecule has 1 fully saturated rings. The zero-order chi connectivity index (χ0) is 23.0. The molecule has 33 heavy (non-hydrogen) atoms. The monoisotopic (exact) mass is 446 g/mol. The third kappa shape index (κ3) is 6.08. The SMILES string of the molecule is CCc1cccc(-c2c[nH]c(=O)c(NC(=O)c3ccc(OCCC4CCNCC4)cc3)c2)n1. The number of aromatic amines is 1. The summed E-state index contributed by atoms with van der Waals surface area (Å²) in [6, 6.07) is 14.4. The van der Waals surface area contributed by atoms with E-state index in [1.54, 1.807) is 36.5 Å². The summed E-state index contributed by atoms with van der Waals surface area (Å²) in [5.41, 5.74) is 2.71. The van der Waals surface area contributed by atoms with Gasteiger partial charge in [0.25, 0.3) is 11.5 Å². The molecule has 1 aliphatic rings. The summed E-state index contributed by atoms with van der Waals surface area (Å²) in [5, 5.41) is 6.09. The lowest BCUT2D eigenvalue weighted by Gasteiger charge is -2.22. The molecule has 7 nitrogen and oxygen atoms in total. The fourth-order valence-electron chi connectivity index (χ4n) is 3.97. The van der Waals surface area contributed by atoms with Crippen molar-refractivity contribution in [3.63, 3.8) is 0 Å². The minimum Gasteiger partial charge on any atom is -0.494 e. The molecule has 1 saturated heterocycles. The molecule has 3 heterocycles. The third-order valence-electron chi connectivity index (χ3n) is 5.99. The molecule has 0 saturated carbocycles. The number of ether oxygens (including phenoxy) is 1. The van der Waals surface area contributed by atoms with E-state index in [-0.39, 0.29) is 17.2 Å². The van der Waals surface area contributed by atoms with E-state index in [9.17, 15) is 9.59 Å². The molecule has 1 aliphatic heterocycles. The molecule has 0 spiro atoms. The van der Waals surface area contributed by atoms with Gasteiger partial charge in [-0.05, 0) is 87.2 Å². The molecule has 172 valence electrons. The molecule has 0 radical (unpaired) electrons. The van der Waals surface area contributed by atoms with Gasteiger partial charge in [-0.15, -0.1) is 0 Å². The maximum absolute atomic E-state index is 12.7. The van der Waals surface area contributed by atoms with Crippen molar-refractivity contribution in [1.82, 2.24) is 15.3 Å². The van der Waals surface area contributed by atoms with E-state index in [4.69, 9.17) is 4.74 Å². The first-order valence-electron chi connectivity index (χ1n) is 11.6. The highest BCUT2D eigenvalue weighted by Gasteiger charge is 2.13. The average molecular weight is 447 g/mol. The minimum absolute atomic E-state index is 0.184. The van der Waals surface area contributed by atoms with Crippen molar-refractivity contribution in [3.8, 4) is 17.0 Å². The van der Waals surface area contributed by atoms with Gasteiger partial charge < -0.3 is 20.4 Å². The second kappa shape index (κ2) is 10.9. The lowest BCUT2D eigenvalue weighted by molar-refractivity contribution is 0.102. The standard InChI is InChI=1S/C26H30N4O3/c1-2-21-4-3-5-23(29-21)20-16-24(26(32)28-17-20)30-25(31)19-6-8-22(9-7-19)33-15-12-18-10-13-27-14-11-18/h3-9,16-18,27H,2,10-15H2,1H3,(H,28,32)(H,30,31). The molecule has 4 rings (SSSR count). The van der Waals surface area contributed by atoms with E-state index < -0.39 is 0 Å². The normalized spacial score (nSPS) is 14.1. The summed E-state index contributed by atoms with van der Waals surface area (Å²) < 4.78 is 5.85. The number of aromatic nitrogens is 2. The number of rotatable bonds is 8. The summed E-state index contributed by atoms with van der Waals surface area (Å²) in [7, 11) is 0. The van der Waals surface area contributed by atoms with Gasteiger partial charge in [0.1, 0.15) is 11.4 Å². The van der Waals surface area contributed by atoms with Crippen LogP contribution in [0.5, 0.6) is 5.75 Å². The summed E-state index contributed by atoms with van der Waals surface area (Å²) in [5.74, 6) is 1.10. The Morgan fingerprint density at radius 1 is 1.15 bits per heavy atom. The Kier molecular flexibility index (Phi) is 7.52. The number of nitrogens with zero attached hydrogens (tertiary/aromatic N) is 1. The number of H-pyrrole nitrogens is 1. The fraction of sp³-hybridized carbons (Fsp3) is 0.346. The largest absolute Gasteiger partial charge is 0.494 e. The Bertz CT molecular complexity index is 1130. The van der Waals surface area contributed by atoms with Crippen LogP contribution < -0.4 is 20.9 Å². The van der Waals surface area contributed by atoms with E-state index >= 15 is 0 Å². The van der Waals surface area contributed by atoms with Gasteiger partial charge in [-0.3, -0.25) is 14.6 Å². The van der Waals surface area contributed by atoms with Crippen molar-refractivity contribution in [1.29, 1.82) is 0 Å². The summed E-state index contributed by atoms with van der Waals surface area (Å²) in [6.45, 7) is 4.88. The number of nitrogens with one attached hydrogen (secondary N) is 3. The van der Waals surface area contributed by atoms with Gasteiger partial charge in [0.15, 0.2) is 0 Å². The van der Waals surface area contributed by atoms with Gasteiger partial charge in [0, 0.05) is 23.0 Å². The summed E-state index contributed by atoms with van der Waals surface area (Å²) >= 11 is 0. The van der Waals surface area contributed by atoms with Crippen molar-refractivity contribution >= 4 is 11.6 Å². The predicted octanol–water partition coefficient (Wildman–Crippen LogP) is 4.02. The average Bonchev–Trinajstić information content (AvgIpc) is 2.86. The molecular formula is C26H30N4O3. The molecule has 1 aromatic carbocycles. The molecule has 2 aromatic heterocycles. The van der Waals surface area contributed by atoms with Crippen LogP contribution in [-0.4, -0.2) is 35.6 Å². The molecule has 1 amide bonds. The van der Waals surface area contributed by atoms with Gasteiger partial charge in [0.2, 0.25) is 0 Å². The number of aryl methyl sites for hydroxylation is 1. The molecule has 0 bridgehead atoms. The van der Waals surface area contributed by atoms with Gasteiger partial charge in [-0.25, -0.2) is 0 Å². The Balaban J connectivity index is 1.38. The van der Waals surface area contributed by atoms with Crippen LogP contribution >= 0.6 is 0 Å². The number of carbonyl (C=O) groups excluding carboxylic acids is 1. The van der Waals surface area contributed by atoms with Crippen molar-refractivity contribution in [2.75, 3.05) is 25.0 Å². The first kappa shape index (κ1) is 22.7. The summed E-state index contributed by atoms with van der Waals surface area (Å²) in [6.07, 6.45) is 5.86. The van der Waals surface area contributed by atoms with E-state index in [1.165, 1.54) is 12.8 Å². The van der Waals surface area contributed by atoms with Gasteiger partial charge in [0.05, 0.1) is 12.3 Å². The third-order valence-corrected chi connectivity index (χ3v) is 5.99. The fourth-order valence-corrected chi connectivity index (χ4v) is 3.97. The zero-order valence-electron chi connectivity index (χ0n) is 18.9. The summed E-state index contributed by atoms with van der Waals surface area (Å²) in [4.78, 5) is 32.3. The van der Waals surface area contributed by atoms with Crippen LogP contribution in [0.3, 0.4) is 0 Å². The molecule has 0 atom stereocenters. The topological polar surface area (TPSA) is 96.1 Å². The quantitative estimate of drug-likeness (QED) is 0.486. The lowest BCUT2D eigenvalue weighted by Crippen LogP contribution is -2.28.